The number of rotatable bonds is 7. The number of halogens is 3. The number of aromatic nitrogens is 5. The van der Waals surface area contributed by atoms with Gasteiger partial charge in [-0.3, -0.25) is 18.6 Å². The minimum atomic E-state index is -4.49. The van der Waals surface area contributed by atoms with Crippen LogP contribution in [0.25, 0.3) is 22.3 Å². The van der Waals surface area contributed by atoms with Gasteiger partial charge in [-0.15, -0.1) is 0 Å². The fourth-order valence-corrected chi connectivity index (χ4v) is 5.55. The number of hydrogen-bond acceptors (Lipinski definition) is 3. The molecule has 218 valence electrons. The third kappa shape index (κ3) is 5.20. The molecule has 6 aromatic rings. The Balaban J connectivity index is 1.48. The van der Waals surface area contributed by atoms with E-state index >= 15 is 0 Å². The van der Waals surface area contributed by atoms with Crippen molar-refractivity contribution < 1.29 is 13.2 Å². The van der Waals surface area contributed by atoms with E-state index in [4.69, 9.17) is 0 Å². The summed E-state index contributed by atoms with van der Waals surface area (Å²) in [6.45, 7) is 3.63. The lowest BCUT2D eigenvalue weighted by Gasteiger charge is -2.21. The number of alkyl halides is 3. The van der Waals surface area contributed by atoms with Crippen molar-refractivity contribution in [2.45, 2.75) is 38.7 Å². The molecule has 2 atom stereocenters. The maximum atomic E-state index is 14.1. The number of aromatic amines is 1. The summed E-state index contributed by atoms with van der Waals surface area (Å²) in [7, 11) is 0. The zero-order valence-corrected chi connectivity index (χ0v) is 23.4. The van der Waals surface area contributed by atoms with Gasteiger partial charge < -0.3 is 4.98 Å². The van der Waals surface area contributed by atoms with E-state index in [1.807, 2.05) is 74.5 Å². The second-order valence-electron chi connectivity index (χ2n) is 10.5. The molecule has 0 saturated carbocycles. The average molecular weight is 584 g/mol. The van der Waals surface area contributed by atoms with Gasteiger partial charge in [0.05, 0.1) is 41.6 Å². The highest BCUT2D eigenvalue weighted by atomic mass is 19.4. The predicted molar refractivity (Wildman–Crippen MR) is 159 cm³/mol. The van der Waals surface area contributed by atoms with Gasteiger partial charge in [0, 0.05) is 11.8 Å². The van der Waals surface area contributed by atoms with Crippen molar-refractivity contribution in [1.29, 1.82) is 0 Å². The van der Waals surface area contributed by atoms with E-state index in [-0.39, 0.29) is 17.6 Å². The zero-order chi connectivity index (χ0) is 30.3. The lowest BCUT2D eigenvalue weighted by molar-refractivity contribution is -0.138. The van der Waals surface area contributed by atoms with Gasteiger partial charge in [-0.2, -0.15) is 18.3 Å². The van der Waals surface area contributed by atoms with Crippen LogP contribution < -0.4 is 11.2 Å². The molecule has 0 spiro atoms. The minimum Gasteiger partial charge on any atom is -0.349 e. The van der Waals surface area contributed by atoms with Gasteiger partial charge in [0.25, 0.3) is 5.56 Å². The molecule has 43 heavy (non-hydrogen) atoms. The molecule has 0 aliphatic heterocycles. The number of hydrogen-bond donors (Lipinski definition) is 1. The molecule has 3 heterocycles. The topological polar surface area (TPSA) is 77.6 Å². The van der Waals surface area contributed by atoms with Crippen molar-refractivity contribution in [2.75, 3.05) is 0 Å². The molecule has 0 fully saturated rings. The average Bonchev–Trinajstić information content (AvgIpc) is 3.65. The van der Waals surface area contributed by atoms with E-state index in [2.05, 4.69) is 10.1 Å². The van der Waals surface area contributed by atoms with Crippen molar-refractivity contribution in [1.82, 2.24) is 23.9 Å². The quantitative estimate of drug-likeness (QED) is 0.229. The molecule has 0 bridgehead atoms. The number of benzene rings is 3. The number of H-pyrrole nitrogens is 1. The van der Waals surface area contributed by atoms with Gasteiger partial charge in [-0.1, -0.05) is 78.9 Å². The van der Waals surface area contributed by atoms with E-state index < -0.39 is 35.1 Å². The van der Waals surface area contributed by atoms with Gasteiger partial charge in [-0.05, 0) is 42.7 Å². The Morgan fingerprint density at radius 2 is 1.40 bits per heavy atom. The molecule has 2 unspecified atom stereocenters. The first-order valence-electron chi connectivity index (χ1n) is 13.8. The summed E-state index contributed by atoms with van der Waals surface area (Å²) in [4.78, 5) is 31.2. The summed E-state index contributed by atoms with van der Waals surface area (Å²) >= 11 is 0. The van der Waals surface area contributed by atoms with Gasteiger partial charge in [0.15, 0.2) is 0 Å². The van der Waals surface area contributed by atoms with E-state index in [9.17, 15) is 22.8 Å². The highest BCUT2D eigenvalue weighted by Gasteiger charge is 2.33. The van der Waals surface area contributed by atoms with Crippen LogP contribution in [-0.2, 0) is 12.7 Å². The van der Waals surface area contributed by atoms with E-state index in [0.29, 0.717) is 16.8 Å². The van der Waals surface area contributed by atoms with Crippen LogP contribution in [0.4, 0.5) is 13.2 Å². The van der Waals surface area contributed by atoms with Crippen molar-refractivity contribution in [3.8, 4) is 11.3 Å². The summed E-state index contributed by atoms with van der Waals surface area (Å²) in [6, 6.07) is 25.0. The first-order chi connectivity index (χ1) is 20.6. The van der Waals surface area contributed by atoms with Crippen LogP contribution in [0, 0.1) is 0 Å². The zero-order valence-electron chi connectivity index (χ0n) is 23.4. The fourth-order valence-electron chi connectivity index (χ4n) is 5.55. The smallest absolute Gasteiger partial charge is 0.349 e. The Labute approximate surface area is 244 Å². The van der Waals surface area contributed by atoms with Crippen LogP contribution in [0.15, 0.2) is 113 Å². The van der Waals surface area contributed by atoms with Crippen molar-refractivity contribution in [2.24, 2.45) is 0 Å². The van der Waals surface area contributed by atoms with Crippen LogP contribution in [-0.4, -0.2) is 23.9 Å². The highest BCUT2D eigenvalue weighted by Crippen LogP contribution is 2.32. The third-order valence-corrected chi connectivity index (χ3v) is 7.84. The second kappa shape index (κ2) is 10.9. The first-order valence-corrected chi connectivity index (χ1v) is 13.8. The van der Waals surface area contributed by atoms with E-state index in [0.717, 1.165) is 17.2 Å². The summed E-state index contributed by atoms with van der Waals surface area (Å²) in [6.07, 6.45) is -1.35. The predicted octanol–water partition coefficient (Wildman–Crippen LogP) is 6.64. The number of fused-ring (bicyclic) bond motifs is 1. The third-order valence-electron chi connectivity index (χ3n) is 7.84. The number of nitrogens with one attached hydrogen (secondary N) is 1. The van der Waals surface area contributed by atoms with E-state index in [1.165, 1.54) is 27.6 Å². The monoisotopic (exact) mass is 583 g/mol. The van der Waals surface area contributed by atoms with Crippen LogP contribution in [0.2, 0.25) is 0 Å². The molecule has 7 nitrogen and oxygen atoms in total. The van der Waals surface area contributed by atoms with Gasteiger partial charge in [-0.25, -0.2) is 4.79 Å². The molecule has 10 heteroatoms. The number of nitrogens with zero attached hydrogens (tertiary/aromatic N) is 4. The van der Waals surface area contributed by atoms with Crippen molar-refractivity contribution >= 4 is 11.0 Å². The lowest BCUT2D eigenvalue weighted by atomic mass is 10.1. The summed E-state index contributed by atoms with van der Waals surface area (Å²) in [5, 5.41) is 4.29. The maximum Gasteiger partial charge on any atom is 0.416 e. The van der Waals surface area contributed by atoms with Crippen LogP contribution in [0.5, 0.6) is 0 Å². The Kier molecular flexibility index (Phi) is 7.13. The molecular formula is C33H28F3N5O2. The van der Waals surface area contributed by atoms with Crippen LogP contribution in [0.3, 0.4) is 0 Å². The highest BCUT2D eigenvalue weighted by molar-refractivity contribution is 5.82. The molecule has 3 aromatic heterocycles. The Morgan fingerprint density at radius 1 is 0.814 bits per heavy atom. The molecule has 0 radical (unpaired) electrons. The largest absolute Gasteiger partial charge is 0.416 e. The first kappa shape index (κ1) is 28.0. The maximum absolute atomic E-state index is 14.1. The van der Waals surface area contributed by atoms with Crippen LogP contribution in [0.1, 0.15) is 48.2 Å². The van der Waals surface area contributed by atoms with Crippen molar-refractivity contribution in [3.63, 3.8) is 0 Å². The lowest BCUT2D eigenvalue weighted by Crippen LogP contribution is -2.43. The van der Waals surface area contributed by atoms with Crippen molar-refractivity contribution in [3.05, 3.63) is 146 Å². The van der Waals surface area contributed by atoms with Gasteiger partial charge in [0.1, 0.15) is 5.52 Å². The Bertz CT molecular complexity index is 2020. The molecule has 0 aliphatic carbocycles. The normalized spacial score (nSPS) is 13.3. The van der Waals surface area contributed by atoms with E-state index in [1.54, 1.807) is 22.9 Å². The standard InChI is InChI=1S/C33H28F3N5O2/c1-21(23-11-5-3-6-12-23)40-29-17-28(26-18-37-39(20-26)19-25-15-9-10-16-27(25)33(34,35)36)38-30(29)31(42)41(32(40)43)22(2)24-13-7-4-8-14-24/h3-18,20-22,38H,19H2,1-2H3. The Hall–Kier alpha value is -5.12. The molecular weight excluding hydrogens is 555 g/mol. The molecule has 1 N–H and O–H groups in total. The molecule has 3 aromatic carbocycles. The van der Waals surface area contributed by atoms with Gasteiger partial charge in [0.2, 0.25) is 0 Å². The summed E-state index contributed by atoms with van der Waals surface area (Å²) < 4.78 is 44.9. The fraction of sp³-hybridized carbons (Fsp3) is 0.182. The van der Waals surface area contributed by atoms with Gasteiger partial charge >= 0.3 is 11.9 Å². The Morgan fingerprint density at radius 3 is 2.02 bits per heavy atom. The molecule has 6 rings (SSSR count). The van der Waals surface area contributed by atoms with Crippen LogP contribution >= 0.6 is 0 Å². The molecule has 0 amide bonds. The minimum absolute atomic E-state index is 0.0876. The summed E-state index contributed by atoms with van der Waals surface area (Å²) in [5.41, 5.74) is 1.91. The second-order valence-corrected chi connectivity index (χ2v) is 10.5. The molecule has 0 aliphatic rings. The molecule has 0 saturated heterocycles. The SMILES string of the molecule is CC(c1ccccc1)n1c(=O)c2[nH]c(-c3cnn(Cc4ccccc4C(F)(F)F)c3)cc2n(C(C)c2ccccc2)c1=O. The summed E-state index contributed by atoms with van der Waals surface area (Å²) in [5.74, 6) is 0.